The third-order valence-electron chi connectivity index (χ3n) is 5.48. The van der Waals surface area contributed by atoms with Crippen molar-refractivity contribution in [3.63, 3.8) is 0 Å². The van der Waals surface area contributed by atoms with E-state index >= 15 is 0 Å². The maximum Gasteiger partial charge on any atom is 0.241 e. The molecule has 2 aliphatic rings. The summed E-state index contributed by atoms with van der Waals surface area (Å²) in [6, 6.07) is 7.89. The molecule has 2 N–H and O–H groups in total. The van der Waals surface area contributed by atoms with Crippen LogP contribution in [0.15, 0.2) is 24.3 Å². The zero-order valence-electron chi connectivity index (χ0n) is 14.7. The van der Waals surface area contributed by atoms with Crippen LogP contribution in [-0.2, 0) is 4.79 Å². The van der Waals surface area contributed by atoms with Crippen LogP contribution < -0.4 is 10.2 Å². The van der Waals surface area contributed by atoms with Crippen molar-refractivity contribution in [3.05, 3.63) is 24.3 Å². The highest BCUT2D eigenvalue weighted by atomic mass is 16.3. The van der Waals surface area contributed by atoms with Gasteiger partial charge in [0, 0.05) is 31.0 Å². The second-order valence-electron chi connectivity index (χ2n) is 7.23. The van der Waals surface area contributed by atoms with Crippen molar-refractivity contribution in [2.75, 3.05) is 36.4 Å². The first kappa shape index (κ1) is 17.2. The Morgan fingerprint density at radius 3 is 2.50 bits per heavy atom. The zero-order chi connectivity index (χ0) is 17.1. The van der Waals surface area contributed by atoms with E-state index in [0.29, 0.717) is 12.5 Å². The third kappa shape index (κ3) is 3.90. The van der Waals surface area contributed by atoms with E-state index in [1.165, 1.54) is 18.5 Å². The molecule has 132 valence electrons. The van der Waals surface area contributed by atoms with Crippen molar-refractivity contribution in [2.45, 2.75) is 45.3 Å². The van der Waals surface area contributed by atoms with Gasteiger partial charge in [0.1, 0.15) is 0 Å². The van der Waals surface area contributed by atoms with Gasteiger partial charge < -0.3 is 15.3 Å². The molecule has 0 aliphatic carbocycles. The van der Waals surface area contributed by atoms with E-state index in [2.05, 4.69) is 34.2 Å². The molecule has 0 saturated carbocycles. The zero-order valence-corrected chi connectivity index (χ0v) is 14.7. The Morgan fingerprint density at radius 1 is 1.21 bits per heavy atom. The second-order valence-corrected chi connectivity index (χ2v) is 7.23. The Morgan fingerprint density at radius 2 is 1.88 bits per heavy atom. The molecule has 1 amide bonds. The van der Waals surface area contributed by atoms with E-state index < -0.39 is 0 Å². The van der Waals surface area contributed by atoms with Crippen molar-refractivity contribution >= 4 is 17.3 Å². The molecule has 5 nitrogen and oxygen atoms in total. The number of carbonyl (C=O) groups excluding carboxylic acids is 1. The molecule has 2 saturated heterocycles. The molecule has 0 bridgehead atoms. The van der Waals surface area contributed by atoms with E-state index in [-0.39, 0.29) is 18.1 Å². The molecule has 3 atom stereocenters. The summed E-state index contributed by atoms with van der Waals surface area (Å²) in [7, 11) is 0. The van der Waals surface area contributed by atoms with Crippen molar-refractivity contribution < 1.29 is 9.90 Å². The summed E-state index contributed by atoms with van der Waals surface area (Å²) in [6.45, 7) is 7.66. The summed E-state index contributed by atoms with van der Waals surface area (Å²) in [5.74, 6) is 0.306. The van der Waals surface area contributed by atoms with Crippen LogP contribution in [-0.4, -0.2) is 54.2 Å². The molecule has 3 unspecified atom stereocenters. The van der Waals surface area contributed by atoms with E-state index in [1.807, 2.05) is 19.1 Å². The molecule has 0 spiro atoms. The summed E-state index contributed by atoms with van der Waals surface area (Å²) in [5, 5.41) is 13.0. The number of anilines is 2. The minimum Gasteiger partial charge on any atom is -0.392 e. The Labute approximate surface area is 144 Å². The lowest BCUT2D eigenvalue weighted by molar-refractivity contribution is -0.122. The van der Waals surface area contributed by atoms with Gasteiger partial charge in [-0.05, 0) is 62.9 Å². The SMILES string of the molecule is CC1CCN(C(C)C(=O)Nc2ccc(N3CCCC3)cc2)CC1O. The van der Waals surface area contributed by atoms with Gasteiger partial charge in [0.2, 0.25) is 5.91 Å². The molecule has 1 aromatic carbocycles. The molecule has 3 rings (SSSR count). The number of hydrogen-bond donors (Lipinski definition) is 2. The quantitative estimate of drug-likeness (QED) is 0.889. The van der Waals surface area contributed by atoms with Crippen LogP contribution in [0.5, 0.6) is 0 Å². The fraction of sp³-hybridized carbons (Fsp3) is 0.632. The molecule has 5 heteroatoms. The van der Waals surface area contributed by atoms with Crippen LogP contribution in [0.4, 0.5) is 11.4 Å². The molecule has 0 radical (unpaired) electrons. The first-order valence-electron chi connectivity index (χ1n) is 9.12. The van der Waals surface area contributed by atoms with E-state index in [9.17, 15) is 9.90 Å². The number of nitrogens with zero attached hydrogens (tertiary/aromatic N) is 2. The number of rotatable bonds is 4. The average molecular weight is 331 g/mol. The smallest absolute Gasteiger partial charge is 0.241 e. The van der Waals surface area contributed by atoms with Crippen LogP contribution in [0.2, 0.25) is 0 Å². The van der Waals surface area contributed by atoms with Crippen molar-refractivity contribution in [2.24, 2.45) is 5.92 Å². The molecule has 1 aromatic rings. The minimum absolute atomic E-state index is 0.00863. The Kier molecular flexibility index (Phi) is 5.41. The van der Waals surface area contributed by atoms with Gasteiger partial charge in [-0.15, -0.1) is 0 Å². The van der Waals surface area contributed by atoms with Crippen LogP contribution in [0.3, 0.4) is 0 Å². The van der Waals surface area contributed by atoms with Gasteiger partial charge >= 0.3 is 0 Å². The monoisotopic (exact) mass is 331 g/mol. The van der Waals surface area contributed by atoms with E-state index in [1.54, 1.807) is 0 Å². The number of likely N-dealkylation sites (tertiary alicyclic amines) is 1. The average Bonchev–Trinajstić information content (AvgIpc) is 3.12. The number of amides is 1. The van der Waals surface area contributed by atoms with E-state index in [0.717, 1.165) is 31.7 Å². The number of aliphatic hydroxyl groups excluding tert-OH is 1. The number of piperidine rings is 1. The van der Waals surface area contributed by atoms with Gasteiger partial charge in [-0.3, -0.25) is 9.69 Å². The van der Waals surface area contributed by atoms with Crippen molar-refractivity contribution in [1.29, 1.82) is 0 Å². The van der Waals surface area contributed by atoms with Gasteiger partial charge in [0.05, 0.1) is 12.1 Å². The van der Waals surface area contributed by atoms with E-state index in [4.69, 9.17) is 0 Å². The van der Waals surface area contributed by atoms with Crippen LogP contribution in [0, 0.1) is 5.92 Å². The van der Waals surface area contributed by atoms with Gasteiger partial charge in [-0.25, -0.2) is 0 Å². The predicted molar refractivity (Wildman–Crippen MR) is 97.3 cm³/mol. The summed E-state index contributed by atoms with van der Waals surface area (Å²) in [4.78, 5) is 16.9. The Hall–Kier alpha value is -1.59. The van der Waals surface area contributed by atoms with Crippen LogP contribution in [0.25, 0.3) is 0 Å². The Bertz CT molecular complexity index is 554. The fourth-order valence-corrected chi connectivity index (χ4v) is 3.57. The lowest BCUT2D eigenvalue weighted by Crippen LogP contribution is -2.50. The fourth-order valence-electron chi connectivity index (χ4n) is 3.57. The number of aliphatic hydroxyl groups is 1. The molecule has 2 fully saturated rings. The maximum absolute atomic E-state index is 12.5. The summed E-state index contributed by atoms with van der Waals surface area (Å²) < 4.78 is 0. The van der Waals surface area contributed by atoms with Gasteiger partial charge in [0.15, 0.2) is 0 Å². The second kappa shape index (κ2) is 7.53. The highest BCUT2D eigenvalue weighted by Crippen LogP contribution is 2.23. The van der Waals surface area contributed by atoms with Crippen molar-refractivity contribution in [1.82, 2.24) is 4.90 Å². The Balaban J connectivity index is 1.55. The number of β-amino-alcohol motifs (C(OH)–C–C–N with tert-alkyl or cyclic N) is 1. The molecule has 2 aliphatic heterocycles. The molecule has 24 heavy (non-hydrogen) atoms. The molecular weight excluding hydrogens is 302 g/mol. The first-order chi connectivity index (χ1) is 11.5. The summed E-state index contributed by atoms with van der Waals surface area (Å²) in [5.41, 5.74) is 2.06. The highest BCUT2D eigenvalue weighted by molar-refractivity contribution is 5.94. The number of nitrogens with one attached hydrogen (secondary N) is 1. The van der Waals surface area contributed by atoms with Crippen LogP contribution in [0.1, 0.15) is 33.1 Å². The number of carbonyl (C=O) groups is 1. The topological polar surface area (TPSA) is 55.8 Å². The van der Waals surface area contributed by atoms with Gasteiger partial charge in [0.25, 0.3) is 0 Å². The summed E-state index contributed by atoms with van der Waals surface area (Å²) >= 11 is 0. The number of benzene rings is 1. The lowest BCUT2D eigenvalue weighted by atomic mass is 9.95. The van der Waals surface area contributed by atoms with Crippen molar-refractivity contribution in [3.8, 4) is 0 Å². The lowest BCUT2D eigenvalue weighted by Gasteiger charge is -2.37. The number of hydrogen-bond acceptors (Lipinski definition) is 4. The molecule has 0 aromatic heterocycles. The predicted octanol–water partition coefficient (Wildman–Crippen LogP) is 2.32. The van der Waals surface area contributed by atoms with Gasteiger partial charge in [-0.1, -0.05) is 6.92 Å². The van der Waals surface area contributed by atoms with Crippen LogP contribution >= 0.6 is 0 Å². The third-order valence-corrected chi connectivity index (χ3v) is 5.48. The minimum atomic E-state index is -0.339. The van der Waals surface area contributed by atoms with Gasteiger partial charge in [-0.2, -0.15) is 0 Å². The largest absolute Gasteiger partial charge is 0.392 e. The first-order valence-corrected chi connectivity index (χ1v) is 9.12. The highest BCUT2D eigenvalue weighted by Gasteiger charge is 2.30. The maximum atomic E-state index is 12.5. The standard InChI is InChI=1S/C19H29N3O2/c1-14-9-12-22(13-18(14)23)15(2)19(24)20-16-5-7-17(8-6-16)21-10-3-4-11-21/h5-8,14-15,18,23H,3-4,9-13H2,1-2H3,(H,20,24). The molecule has 2 heterocycles. The summed E-state index contributed by atoms with van der Waals surface area (Å²) in [6.07, 6.45) is 3.12. The molecular formula is C19H29N3O2. The normalized spacial score (nSPS) is 26.4.